The van der Waals surface area contributed by atoms with E-state index in [4.69, 9.17) is 30.5 Å². The zero-order chi connectivity index (χ0) is 27.0. The minimum Gasteiger partial charge on any atom is -0.463 e. The number of esters is 3. The Bertz CT molecular complexity index is 1010. The summed E-state index contributed by atoms with van der Waals surface area (Å²) in [6.45, 7) is 3.30. The van der Waals surface area contributed by atoms with Crippen molar-refractivity contribution in [3.63, 3.8) is 0 Å². The summed E-state index contributed by atoms with van der Waals surface area (Å²) >= 11 is 7.55. The second-order valence-corrected chi connectivity index (χ2v) is 10.2. The number of alkyl halides is 1. The van der Waals surface area contributed by atoms with Crippen LogP contribution in [-0.4, -0.2) is 75.4 Å². The molecule has 0 aliphatic carbocycles. The maximum absolute atomic E-state index is 12.1. The maximum Gasteiger partial charge on any atom is 0.303 e. The van der Waals surface area contributed by atoms with Crippen LogP contribution in [0.5, 0.6) is 0 Å². The fraction of sp³-hybridized carbons (Fsp3) is 0.476. The number of aromatic nitrogens is 1. The van der Waals surface area contributed by atoms with Crippen LogP contribution in [0.2, 0.25) is 0 Å². The molecule has 0 saturated carbocycles. The molecular weight excluding hydrogens is 628 g/mol. The zero-order valence-corrected chi connectivity index (χ0v) is 23.6. The molecule has 1 aromatic heterocycles. The zero-order valence-electron chi connectivity index (χ0n) is 19.6. The van der Waals surface area contributed by atoms with Crippen LogP contribution < -0.4 is 11.6 Å². The van der Waals surface area contributed by atoms with Crippen molar-refractivity contribution in [1.82, 2.24) is 9.99 Å². The Kier molecular flexibility index (Phi) is 11.6. The monoisotopic (exact) mass is 652 g/mol. The number of Topliss-reactive ketones (excluding diaryl/α,β-unsaturated/α-hetero) is 1. The Labute approximate surface area is 228 Å². The number of carbonyl (C=O) groups is 4. The van der Waals surface area contributed by atoms with Crippen LogP contribution >= 0.6 is 43.6 Å². The normalized spacial score (nSPS) is 23.9. The minimum absolute atomic E-state index is 0.0544. The molecule has 15 heteroatoms. The van der Waals surface area contributed by atoms with E-state index in [0.717, 1.165) is 23.0 Å². The van der Waals surface area contributed by atoms with Crippen molar-refractivity contribution in [3.8, 4) is 0 Å². The Morgan fingerprint density at radius 3 is 2.33 bits per heavy atom. The molecule has 0 bridgehead atoms. The molecule has 36 heavy (non-hydrogen) atoms. The molecule has 2 heterocycles. The third kappa shape index (κ3) is 8.73. The number of rotatable bonds is 10. The topological polar surface area (TPSA) is 173 Å². The van der Waals surface area contributed by atoms with Crippen molar-refractivity contribution < 1.29 is 38.1 Å². The first-order valence-electron chi connectivity index (χ1n) is 10.4. The van der Waals surface area contributed by atoms with Crippen molar-refractivity contribution in [3.05, 3.63) is 34.8 Å². The van der Waals surface area contributed by atoms with E-state index in [-0.39, 0.29) is 17.6 Å². The van der Waals surface area contributed by atoms with Crippen molar-refractivity contribution in [2.24, 2.45) is 11.6 Å². The number of ether oxygens (including phenoxy) is 4. The van der Waals surface area contributed by atoms with Gasteiger partial charge in [0.2, 0.25) is 0 Å². The third-order valence-electron chi connectivity index (χ3n) is 4.68. The molecule has 0 amide bonds. The van der Waals surface area contributed by atoms with E-state index in [0.29, 0.717) is 9.37 Å². The van der Waals surface area contributed by atoms with Crippen LogP contribution in [0.1, 0.15) is 20.8 Å². The number of carbonyl (C=O) groups excluding carboxylic acids is 4. The van der Waals surface area contributed by atoms with Crippen LogP contribution in [0.25, 0.3) is 0 Å². The number of halogens is 2. The van der Waals surface area contributed by atoms with Crippen LogP contribution in [-0.2, 0) is 38.1 Å². The molecule has 5 atom stereocenters. The lowest BCUT2D eigenvalue weighted by Gasteiger charge is -2.47. The first-order chi connectivity index (χ1) is 16.9. The van der Waals surface area contributed by atoms with Gasteiger partial charge in [0.25, 0.3) is 0 Å². The quantitative estimate of drug-likeness (QED) is 0.0927. The van der Waals surface area contributed by atoms with Crippen LogP contribution in [0.4, 0.5) is 0 Å². The van der Waals surface area contributed by atoms with E-state index >= 15 is 0 Å². The number of pyridine rings is 1. The van der Waals surface area contributed by atoms with Gasteiger partial charge in [-0.3, -0.25) is 24.2 Å². The number of nitrogens with two attached hydrogens (primary N) is 2. The van der Waals surface area contributed by atoms with Gasteiger partial charge in [-0.05, 0) is 22.0 Å². The highest BCUT2D eigenvalue weighted by molar-refractivity contribution is 9.10. The summed E-state index contributed by atoms with van der Waals surface area (Å²) < 4.78 is 23.1. The molecule has 1 aliphatic heterocycles. The number of thioether (sulfide) groups is 1. The molecule has 1 aliphatic rings. The lowest BCUT2D eigenvalue weighted by Crippen LogP contribution is -2.66. The second-order valence-electron chi connectivity index (χ2n) is 7.53. The third-order valence-corrected chi connectivity index (χ3v) is 6.73. The molecule has 1 fully saturated rings. The number of nitrogens with zero attached hydrogens (tertiary/aromatic N) is 2. The van der Waals surface area contributed by atoms with Gasteiger partial charge >= 0.3 is 17.9 Å². The Balaban J connectivity index is 2.59. The number of ketones is 1. The van der Waals surface area contributed by atoms with Crippen molar-refractivity contribution in [1.29, 1.82) is 0 Å². The summed E-state index contributed by atoms with van der Waals surface area (Å²) in [5.41, 5.74) is 4.75. The highest BCUT2D eigenvalue weighted by atomic mass is 79.9. The SMILES string of the molecule is CC(=O)OCC1OC(Sc2cncc(Br)c2)C(OC(C)=O)C(N(N)/C=C(\N)C(=O)CBr)C1OC(C)=O. The van der Waals surface area contributed by atoms with Gasteiger partial charge in [-0.25, -0.2) is 5.84 Å². The van der Waals surface area contributed by atoms with Crippen molar-refractivity contribution >= 4 is 67.3 Å². The highest BCUT2D eigenvalue weighted by Gasteiger charge is 2.52. The van der Waals surface area contributed by atoms with E-state index < -0.39 is 53.5 Å². The van der Waals surface area contributed by atoms with E-state index in [2.05, 4.69) is 36.8 Å². The van der Waals surface area contributed by atoms with Gasteiger partial charge in [-0.1, -0.05) is 27.7 Å². The first-order valence-corrected chi connectivity index (χ1v) is 13.2. The summed E-state index contributed by atoms with van der Waals surface area (Å²) in [6, 6.07) is 0.679. The highest BCUT2D eigenvalue weighted by Crippen LogP contribution is 2.38. The number of hydrazine groups is 1. The molecule has 5 unspecified atom stereocenters. The Hall–Kier alpha value is -2.20. The molecule has 4 N–H and O–H groups in total. The summed E-state index contributed by atoms with van der Waals surface area (Å²) in [6.07, 6.45) is 0.991. The van der Waals surface area contributed by atoms with Gasteiger partial charge in [0.05, 0.1) is 11.0 Å². The van der Waals surface area contributed by atoms with Gasteiger partial charge in [-0.2, -0.15) is 0 Å². The maximum atomic E-state index is 12.1. The lowest BCUT2D eigenvalue weighted by molar-refractivity contribution is -0.215. The van der Waals surface area contributed by atoms with E-state index in [1.165, 1.54) is 20.8 Å². The molecule has 2 rings (SSSR count). The van der Waals surface area contributed by atoms with Crippen LogP contribution in [0.15, 0.2) is 39.7 Å². The minimum atomic E-state index is -1.18. The number of allylic oxidation sites excluding steroid dienone is 1. The summed E-state index contributed by atoms with van der Waals surface area (Å²) in [7, 11) is 0. The van der Waals surface area contributed by atoms with Crippen molar-refractivity contribution in [2.45, 2.75) is 55.5 Å². The predicted octanol–water partition coefficient (Wildman–Crippen LogP) is 1.40. The molecule has 0 radical (unpaired) electrons. The Morgan fingerprint density at radius 1 is 1.14 bits per heavy atom. The summed E-state index contributed by atoms with van der Waals surface area (Å²) in [5, 5.41) is 0.980. The molecular formula is C21H26Br2N4O8S. The molecule has 12 nitrogen and oxygen atoms in total. The smallest absolute Gasteiger partial charge is 0.303 e. The van der Waals surface area contributed by atoms with Gasteiger partial charge in [0, 0.05) is 48.7 Å². The second kappa shape index (κ2) is 13.9. The molecule has 1 saturated heterocycles. The summed E-state index contributed by atoms with van der Waals surface area (Å²) in [5.74, 6) is 3.92. The van der Waals surface area contributed by atoms with Gasteiger partial charge < -0.3 is 29.7 Å². The van der Waals surface area contributed by atoms with Gasteiger partial charge in [0.1, 0.15) is 24.2 Å². The largest absolute Gasteiger partial charge is 0.463 e. The Morgan fingerprint density at radius 2 is 1.78 bits per heavy atom. The standard InChI is InChI=1S/C21H26Br2N4O8S/c1-10(28)32-9-17-19(33-11(2)29)18(27(25)8-15(24)16(31)5-22)20(34-12(3)30)21(35-17)36-14-4-13(23)6-26-7-14/h4,6-8,17-21H,5,9,24-25H2,1-3H3/b15-8-. The molecule has 198 valence electrons. The van der Waals surface area contributed by atoms with E-state index in [1.807, 2.05) is 0 Å². The molecule has 0 aromatic carbocycles. The number of hydrogen-bond acceptors (Lipinski definition) is 13. The lowest BCUT2D eigenvalue weighted by atomic mass is 9.96. The number of hydrogen-bond donors (Lipinski definition) is 2. The fourth-order valence-corrected chi connectivity index (χ4v) is 5.28. The average molecular weight is 654 g/mol. The molecule has 1 aromatic rings. The molecule has 0 spiro atoms. The van der Waals surface area contributed by atoms with E-state index in [9.17, 15) is 19.2 Å². The van der Waals surface area contributed by atoms with Crippen molar-refractivity contribution in [2.75, 3.05) is 11.9 Å². The average Bonchev–Trinajstić information content (AvgIpc) is 2.78. The fourth-order valence-electron chi connectivity index (χ4n) is 3.30. The summed E-state index contributed by atoms with van der Waals surface area (Å²) in [4.78, 5) is 52.4. The van der Waals surface area contributed by atoms with E-state index in [1.54, 1.807) is 18.5 Å². The van der Waals surface area contributed by atoms with Gasteiger partial charge in [-0.15, -0.1) is 0 Å². The first kappa shape index (κ1) is 30.0. The van der Waals surface area contributed by atoms with Crippen LogP contribution in [0.3, 0.4) is 0 Å². The predicted molar refractivity (Wildman–Crippen MR) is 135 cm³/mol. The van der Waals surface area contributed by atoms with Gasteiger partial charge in [0.15, 0.2) is 18.0 Å². The van der Waals surface area contributed by atoms with Crippen LogP contribution in [0, 0.1) is 0 Å².